The van der Waals surface area contributed by atoms with Crippen molar-refractivity contribution in [2.45, 2.75) is 0 Å². The quantitative estimate of drug-likeness (QED) is 0.788. The van der Waals surface area contributed by atoms with Crippen LogP contribution in [0.25, 0.3) is 6.08 Å². The van der Waals surface area contributed by atoms with Crippen LogP contribution in [0.2, 0.25) is 5.02 Å². The van der Waals surface area contributed by atoms with Gasteiger partial charge in [-0.05, 0) is 47.2 Å². The van der Waals surface area contributed by atoms with Crippen molar-refractivity contribution < 1.29 is 19.5 Å². The molecule has 2 amide bonds. The van der Waals surface area contributed by atoms with Crippen molar-refractivity contribution in [3.63, 3.8) is 0 Å². The van der Waals surface area contributed by atoms with Crippen molar-refractivity contribution in [1.29, 1.82) is 0 Å². The third kappa shape index (κ3) is 3.20. The van der Waals surface area contributed by atoms with Gasteiger partial charge in [-0.15, -0.1) is 0 Å². The fraction of sp³-hybridized carbons (Fsp3) is 0. The largest absolute Gasteiger partial charge is 0.545 e. The van der Waals surface area contributed by atoms with E-state index in [1.54, 1.807) is 30.3 Å². The number of carbonyl (C=O) groups excluding carboxylic acids is 3. The lowest BCUT2D eigenvalue weighted by Gasteiger charge is -2.12. The number of halogens is 1. The number of carbonyl (C=O) groups is 3. The first-order valence-electron chi connectivity index (χ1n) is 6.80. The molecule has 0 saturated carbocycles. The molecule has 24 heavy (non-hydrogen) atoms. The fourth-order valence-electron chi connectivity index (χ4n) is 2.17. The molecule has 1 fully saturated rings. The number of aromatic carboxylic acids is 1. The molecule has 0 spiro atoms. The standard InChI is InChI=1S/C17H10ClNO4S/c18-12-2-1-3-13(9-12)19-15(20)14(24-17(19)23)8-10-4-6-11(7-5-10)16(21)22/h1-9H,(H,21,22)/p-1/b14-8+. The minimum Gasteiger partial charge on any atom is -0.545 e. The van der Waals surface area contributed by atoms with Gasteiger partial charge in [-0.2, -0.15) is 0 Å². The Morgan fingerprint density at radius 1 is 1.12 bits per heavy atom. The summed E-state index contributed by atoms with van der Waals surface area (Å²) in [6.07, 6.45) is 1.54. The number of hydrogen-bond donors (Lipinski definition) is 0. The second kappa shape index (κ2) is 6.51. The van der Waals surface area contributed by atoms with E-state index in [1.165, 1.54) is 24.3 Å². The topological polar surface area (TPSA) is 77.5 Å². The van der Waals surface area contributed by atoms with Gasteiger partial charge in [0.05, 0.1) is 16.6 Å². The van der Waals surface area contributed by atoms with Crippen molar-refractivity contribution in [2.75, 3.05) is 4.90 Å². The van der Waals surface area contributed by atoms with Crippen molar-refractivity contribution in [3.8, 4) is 0 Å². The summed E-state index contributed by atoms with van der Waals surface area (Å²) in [5.74, 6) is -1.72. The summed E-state index contributed by atoms with van der Waals surface area (Å²) in [7, 11) is 0. The molecule has 0 aliphatic carbocycles. The summed E-state index contributed by atoms with van der Waals surface area (Å²) in [6.45, 7) is 0. The van der Waals surface area contributed by atoms with Gasteiger partial charge in [-0.3, -0.25) is 9.59 Å². The van der Waals surface area contributed by atoms with Crippen LogP contribution in [0.15, 0.2) is 53.4 Å². The lowest BCUT2D eigenvalue weighted by atomic mass is 10.1. The Balaban J connectivity index is 1.89. The highest BCUT2D eigenvalue weighted by atomic mass is 35.5. The van der Waals surface area contributed by atoms with E-state index in [1.807, 2.05) is 0 Å². The van der Waals surface area contributed by atoms with Crippen LogP contribution < -0.4 is 10.0 Å². The minimum atomic E-state index is -1.28. The normalized spacial score (nSPS) is 16.0. The van der Waals surface area contributed by atoms with E-state index in [-0.39, 0.29) is 10.5 Å². The highest BCUT2D eigenvalue weighted by Crippen LogP contribution is 2.36. The van der Waals surface area contributed by atoms with Crippen molar-refractivity contribution in [3.05, 3.63) is 69.6 Å². The molecule has 0 bridgehead atoms. The number of carboxylic acids is 1. The fourth-order valence-corrected chi connectivity index (χ4v) is 3.20. The molecular formula is C17H9ClNO4S-. The van der Waals surface area contributed by atoms with Crippen molar-refractivity contribution >= 4 is 52.2 Å². The predicted molar refractivity (Wildman–Crippen MR) is 90.7 cm³/mol. The molecule has 120 valence electrons. The van der Waals surface area contributed by atoms with E-state index in [0.29, 0.717) is 16.3 Å². The molecule has 1 heterocycles. The SMILES string of the molecule is O=C([O-])c1ccc(/C=C2/SC(=O)N(c3cccc(Cl)c3)C2=O)cc1. The number of nitrogens with zero attached hydrogens (tertiary/aromatic N) is 1. The van der Waals surface area contributed by atoms with Crippen molar-refractivity contribution in [2.24, 2.45) is 0 Å². The average Bonchev–Trinajstić information content (AvgIpc) is 2.82. The number of imide groups is 1. The summed E-state index contributed by atoms with van der Waals surface area (Å²) in [5.41, 5.74) is 1.05. The van der Waals surface area contributed by atoms with Gasteiger partial charge in [-0.25, -0.2) is 4.90 Å². The molecule has 0 radical (unpaired) electrons. The summed E-state index contributed by atoms with van der Waals surface area (Å²) in [4.78, 5) is 36.7. The zero-order valence-electron chi connectivity index (χ0n) is 12.1. The smallest absolute Gasteiger partial charge is 0.298 e. The third-order valence-electron chi connectivity index (χ3n) is 3.30. The van der Waals surface area contributed by atoms with E-state index in [0.717, 1.165) is 16.7 Å². The highest BCUT2D eigenvalue weighted by Gasteiger charge is 2.36. The van der Waals surface area contributed by atoms with E-state index in [9.17, 15) is 19.5 Å². The van der Waals surface area contributed by atoms with Gasteiger partial charge in [0, 0.05) is 5.02 Å². The zero-order chi connectivity index (χ0) is 17.3. The molecule has 1 aliphatic heterocycles. The molecular weight excluding hydrogens is 350 g/mol. The molecule has 5 nitrogen and oxygen atoms in total. The van der Waals surface area contributed by atoms with Crippen LogP contribution in [0.1, 0.15) is 15.9 Å². The Kier molecular flexibility index (Phi) is 4.42. The van der Waals surface area contributed by atoms with E-state index >= 15 is 0 Å². The number of anilines is 1. The number of benzene rings is 2. The van der Waals surface area contributed by atoms with Crippen LogP contribution in [0.3, 0.4) is 0 Å². The van der Waals surface area contributed by atoms with Gasteiger partial charge in [0.25, 0.3) is 11.1 Å². The molecule has 1 aliphatic rings. The molecule has 1 saturated heterocycles. The first-order valence-corrected chi connectivity index (χ1v) is 8.00. The number of hydrogen-bond acceptors (Lipinski definition) is 5. The highest BCUT2D eigenvalue weighted by molar-refractivity contribution is 8.19. The first kappa shape index (κ1) is 16.3. The van der Waals surface area contributed by atoms with Crippen LogP contribution in [0.5, 0.6) is 0 Å². The Labute approximate surface area is 146 Å². The van der Waals surface area contributed by atoms with Gasteiger partial charge >= 0.3 is 0 Å². The second-order valence-corrected chi connectivity index (χ2v) is 6.34. The van der Waals surface area contributed by atoms with E-state index in [4.69, 9.17) is 11.6 Å². The van der Waals surface area contributed by atoms with Gasteiger partial charge in [0.15, 0.2) is 0 Å². The van der Waals surface area contributed by atoms with Crippen LogP contribution >= 0.6 is 23.4 Å². The van der Waals surface area contributed by atoms with Gasteiger partial charge in [0.1, 0.15) is 0 Å². The van der Waals surface area contributed by atoms with Crippen LogP contribution in [-0.2, 0) is 4.79 Å². The number of carboxylic acid groups (broad SMARTS) is 1. The number of amides is 2. The molecule has 0 atom stereocenters. The average molecular weight is 359 g/mol. The van der Waals surface area contributed by atoms with Gasteiger partial charge in [-0.1, -0.05) is 41.9 Å². The van der Waals surface area contributed by atoms with E-state index in [2.05, 4.69) is 0 Å². The minimum absolute atomic E-state index is 0.0409. The maximum atomic E-state index is 12.5. The zero-order valence-corrected chi connectivity index (χ0v) is 13.6. The predicted octanol–water partition coefficient (Wildman–Crippen LogP) is 2.94. The maximum Gasteiger partial charge on any atom is 0.298 e. The summed E-state index contributed by atoms with van der Waals surface area (Å²) in [6, 6.07) is 12.3. The Hall–Kier alpha value is -2.57. The van der Waals surface area contributed by atoms with Crippen LogP contribution in [-0.4, -0.2) is 17.1 Å². The summed E-state index contributed by atoms with van der Waals surface area (Å²) in [5, 5.41) is 10.7. The lowest BCUT2D eigenvalue weighted by Crippen LogP contribution is -2.27. The Bertz CT molecular complexity index is 876. The van der Waals surface area contributed by atoms with E-state index < -0.39 is 17.1 Å². The Morgan fingerprint density at radius 3 is 2.46 bits per heavy atom. The van der Waals surface area contributed by atoms with Crippen LogP contribution in [0.4, 0.5) is 10.5 Å². The van der Waals surface area contributed by atoms with Crippen molar-refractivity contribution in [1.82, 2.24) is 0 Å². The summed E-state index contributed by atoms with van der Waals surface area (Å²) >= 11 is 6.72. The van der Waals surface area contributed by atoms with Gasteiger partial charge in [0.2, 0.25) is 0 Å². The lowest BCUT2D eigenvalue weighted by molar-refractivity contribution is -0.255. The first-order chi connectivity index (χ1) is 11.5. The molecule has 0 unspecified atom stereocenters. The third-order valence-corrected chi connectivity index (χ3v) is 4.41. The molecule has 3 rings (SSSR count). The molecule has 0 aromatic heterocycles. The number of rotatable bonds is 3. The number of thioether (sulfide) groups is 1. The Morgan fingerprint density at radius 2 is 1.83 bits per heavy atom. The summed E-state index contributed by atoms with van der Waals surface area (Å²) < 4.78 is 0. The van der Waals surface area contributed by atoms with Crippen LogP contribution in [0, 0.1) is 0 Å². The maximum absolute atomic E-state index is 12.5. The molecule has 2 aromatic carbocycles. The molecule has 7 heteroatoms. The monoisotopic (exact) mass is 358 g/mol. The second-order valence-electron chi connectivity index (χ2n) is 4.91. The molecule has 0 N–H and O–H groups in total. The molecule has 2 aromatic rings. The van der Waals surface area contributed by atoms with Gasteiger partial charge < -0.3 is 9.90 Å².